The van der Waals surface area contributed by atoms with Crippen molar-refractivity contribution >= 4 is 7.82 Å². The van der Waals surface area contributed by atoms with E-state index in [9.17, 15) is 4.57 Å². The van der Waals surface area contributed by atoms with Crippen LogP contribution in [-0.2, 0) is 13.6 Å². The Bertz CT molecular complexity index is 185. The van der Waals surface area contributed by atoms with Crippen LogP contribution in [0.1, 0.15) is 13.3 Å². The van der Waals surface area contributed by atoms with Gasteiger partial charge in [0.1, 0.15) is 12.0 Å². The molecule has 9 heavy (non-hydrogen) atoms. The maximum atomic E-state index is 10.4. The SMILES string of the molecule is CCC1=COP(=O)(O)O1. The van der Waals surface area contributed by atoms with Crippen LogP contribution >= 0.6 is 7.82 Å². The van der Waals surface area contributed by atoms with Crippen molar-refractivity contribution in [3.63, 3.8) is 0 Å². The van der Waals surface area contributed by atoms with Gasteiger partial charge in [0.25, 0.3) is 0 Å². The monoisotopic (exact) mass is 150 g/mol. The molecule has 0 saturated carbocycles. The molecule has 5 heteroatoms. The molecule has 4 nitrogen and oxygen atoms in total. The zero-order valence-corrected chi connectivity index (χ0v) is 5.80. The highest BCUT2D eigenvalue weighted by molar-refractivity contribution is 7.47. The molecule has 0 aromatic heterocycles. The zero-order valence-electron chi connectivity index (χ0n) is 4.90. The Morgan fingerprint density at radius 3 is 2.78 bits per heavy atom. The van der Waals surface area contributed by atoms with Crippen LogP contribution < -0.4 is 0 Å². The molecule has 0 aliphatic carbocycles. The number of rotatable bonds is 1. The lowest BCUT2D eigenvalue weighted by Crippen LogP contribution is -1.79. The summed E-state index contributed by atoms with van der Waals surface area (Å²) in [5.74, 6) is 0.417. The summed E-state index contributed by atoms with van der Waals surface area (Å²) in [6, 6.07) is 0. The highest BCUT2D eigenvalue weighted by atomic mass is 31.2. The molecule has 0 fully saturated rings. The van der Waals surface area contributed by atoms with Crippen LogP contribution in [0.15, 0.2) is 12.0 Å². The molecule has 1 N–H and O–H groups in total. The lowest BCUT2D eigenvalue weighted by atomic mass is 10.4. The average molecular weight is 150 g/mol. The van der Waals surface area contributed by atoms with Gasteiger partial charge < -0.3 is 9.05 Å². The molecule has 1 heterocycles. The Hall–Kier alpha value is -0.470. The van der Waals surface area contributed by atoms with E-state index in [2.05, 4.69) is 9.05 Å². The molecule has 1 unspecified atom stereocenters. The summed E-state index contributed by atoms with van der Waals surface area (Å²) in [7, 11) is -3.71. The number of hydrogen-bond donors (Lipinski definition) is 1. The molecule has 1 rings (SSSR count). The first-order chi connectivity index (χ1) is 4.14. The molecule has 0 saturated heterocycles. The quantitative estimate of drug-likeness (QED) is 0.573. The number of hydrogen-bond acceptors (Lipinski definition) is 3. The Balaban J connectivity index is 2.60. The van der Waals surface area contributed by atoms with Crippen molar-refractivity contribution in [1.29, 1.82) is 0 Å². The maximum Gasteiger partial charge on any atom is 0.584 e. The van der Waals surface area contributed by atoms with Crippen LogP contribution in [0.2, 0.25) is 0 Å². The fraction of sp³-hybridized carbons (Fsp3) is 0.500. The number of phosphoric acid groups is 1. The van der Waals surface area contributed by atoms with Crippen molar-refractivity contribution in [2.45, 2.75) is 13.3 Å². The molecular formula is C4H7O4P. The Morgan fingerprint density at radius 2 is 2.56 bits per heavy atom. The molecule has 1 aliphatic heterocycles. The van der Waals surface area contributed by atoms with Crippen molar-refractivity contribution in [3.05, 3.63) is 12.0 Å². The standard InChI is InChI=1S/C4H7O4P/c1-2-4-3-7-9(5,6)8-4/h3H,2H2,1H3,(H,5,6). The molecule has 0 aromatic carbocycles. The van der Waals surface area contributed by atoms with Crippen LogP contribution in [0.25, 0.3) is 0 Å². The van der Waals surface area contributed by atoms with Gasteiger partial charge in [-0.05, 0) is 0 Å². The van der Waals surface area contributed by atoms with Gasteiger partial charge in [-0.15, -0.1) is 0 Å². The topological polar surface area (TPSA) is 55.8 Å². The van der Waals surface area contributed by atoms with E-state index >= 15 is 0 Å². The number of phosphoric ester groups is 1. The van der Waals surface area contributed by atoms with Crippen LogP contribution in [0.4, 0.5) is 0 Å². The summed E-state index contributed by atoms with van der Waals surface area (Å²) in [5, 5.41) is 0. The largest absolute Gasteiger partial charge is 0.584 e. The predicted molar refractivity (Wildman–Crippen MR) is 30.4 cm³/mol. The fourth-order valence-corrected chi connectivity index (χ4v) is 1.23. The Morgan fingerprint density at radius 1 is 1.89 bits per heavy atom. The van der Waals surface area contributed by atoms with E-state index in [1.165, 1.54) is 6.26 Å². The third kappa shape index (κ3) is 1.47. The van der Waals surface area contributed by atoms with Gasteiger partial charge in [-0.3, -0.25) is 4.89 Å². The van der Waals surface area contributed by atoms with Gasteiger partial charge in [-0.25, -0.2) is 4.57 Å². The average Bonchev–Trinajstić information content (AvgIpc) is 2.10. The summed E-state index contributed by atoms with van der Waals surface area (Å²) >= 11 is 0. The van der Waals surface area contributed by atoms with E-state index < -0.39 is 7.82 Å². The first-order valence-corrected chi connectivity index (χ1v) is 4.03. The van der Waals surface area contributed by atoms with Gasteiger partial charge in [0.05, 0.1) is 0 Å². The van der Waals surface area contributed by atoms with Gasteiger partial charge >= 0.3 is 7.82 Å². The van der Waals surface area contributed by atoms with Crippen LogP contribution in [0.5, 0.6) is 0 Å². The molecule has 0 aromatic rings. The van der Waals surface area contributed by atoms with Gasteiger partial charge in [-0.1, -0.05) is 6.92 Å². The summed E-state index contributed by atoms with van der Waals surface area (Å²) in [4.78, 5) is 8.56. The second-order valence-electron chi connectivity index (χ2n) is 1.60. The number of allylic oxidation sites excluding steroid dienone is 1. The van der Waals surface area contributed by atoms with E-state index in [0.717, 1.165) is 0 Å². The molecule has 0 spiro atoms. The summed E-state index contributed by atoms with van der Waals surface area (Å²) in [6.07, 6.45) is 1.74. The van der Waals surface area contributed by atoms with Crippen molar-refractivity contribution in [3.8, 4) is 0 Å². The van der Waals surface area contributed by atoms with Gasteiger partial charge in [0.15, 0.2) is 0 Å². The van der Waals surface area contributed by atoms with Crippen LogP contribution in [0.3, 0.4) is 0 Å². The molecule has 0 radical (unpaired) electrons. The summed E-state index contributed by atoms with van der Waals surface area (Å²) in [6.45, 7) is 1.81. The van der Waals surface area contributed by atoms with E-state index in [0.29, 0.717) is 12.2 Å². The van der Waals surface area contributed by atoms with Crippen molar-refractivity contribution < 1.29 is 18.5 Å². The van der Waals surface area contributed by atoms with Crippen molar-refractivity contribution in [2.75, 3.05) is 0 Å². The van der Waals surface area contributed by atoms with Crippen molar-refractivity contribution in [2.24, 2.45) is 0 Å². The third-order valence-electron chi connectivity index (χ3n) is 0.898. The van der Waals surface area contributed by atoms with Gasteiger partial charge in [0.2, 0.25) is 0 Å². The van der Waals surface area contributed by atoms with E-state index in [4.69, 9.17) is 4.89 Å². The van der Waals surface area contributed by atoms with Gasteiger partial charge in [0, 0.05) is 6.42 Å². The lowest BCUT2D eigenvalue weighted by Gasteiger charge is -2.00. The summed E-state index contributed by atoms with van der Waals surface area (Å²) < 4.78 is 19.2. The molecule has 0 amide bonds. The van der Waals surface area contributed by atoms with E-state index in [-0.39, 0.29) is 0 Å². The van der Waals surface area contributed by atoms with Crippen LogP contribution in [-0.4, -0.2) is 4.89 Å². The highest BCUT2D eigenvalue weighted by Gasteiger charge is 2.29. The molecule has 1 aliphatic rings. The minimum Gasteiger partial charge on any atom is -0.400 e. The molecule has 1 atom stereocenters. The van der Waals surface area contributed by atoms with E-state index in [1.807, 2.05) is 0 Å². The minimum atomic E-state index is -3.71. The first kappa shape index (κ1) is 6.65. The maximum absolute atomic E-state index is 10.4. The summed E-state index contributed by atoms with van der Waals surface area (Å²) in [5.41, 5.74) is 0. The smallest absolute Gasteiger partial charge is 0.400 e. The molecular weight excluding hydrogens is 143 g/mol. The minimum absolute atomic E-state index is 0.417. The van der Waals surface area contributed by atoms with Crippen LogP contribution in [0, 0.1) is 0 Å². The fourth-order valence-electron chi connectivity index (χ4n) is 0.464. The zero-order chi connectivity index (χ0) is 6.91. The molecule has 52 valence electrons. The normalized spacial score (nSPS) is 32.9. The third-order valence-corrected chi connectivity index (χ3v) is 1.74. The second-order valence-corrected chi connectivity index (χ2v) is 2.93. The molecule has 0 bridgehead atoms. The van der Waals surface area contributed by atoms with E-state index in [1.54, 1.807) is 6.92 Å². The lowest BCUT2D eigenvalue weighted by molar-refractivity contribution is 0.267. The predicted octanol–water partition coefficient (Wildman–Crippen LogP) is 1.39. The van der Waals surface area contributed by atoms with Crippen molar-refractivity contribution in [1.82, 2.24) is 0 Å². The second kappa shape index (κ2) is 2.05. The Labute approximate surface area is 52.7 Å². The van der Waals surface area contributed by atoms with Gasteiger partial charge in [-0.2, -0.15) is 0 Å². The Kier molecular flexibility index (Phi) is 1.51. The highest BCUT2D eigenvalue weighted by Crippen LogP contribution is 2.51. The first-order valence-electron chi connectivity index (χ1n) is 2.54.